The van der Waals surface area contributed by atoms with E-state index in [0.29, 0.717) is 0 Å². The molecule has 0 radical (unpaired) electrons. The van der Waals surface area contributed by atoms with Crippen LogP contribution in [-0.2, 0) is 7.05 Å². The van der Waals surface area contributed by atoms with Crippen LogP contribution in [0.2, 0.25) is 0 Å². The number of hydrogen-bond acceptors (Lipinski definition) is 3. The lowest BCUT2D eigenvalue weighted by Crippen LogP contribution is -1.88. The molecule has 1 heterocycles. The maximum Gasteiger partial charge on any atom is 0.154 e. The van der Waals surface area contributed by atoms with Crippen LogP contribution in [-0.4, -0.2) is 11.7 Å². The predicted octanol–water partition coefficient (Wildman–Crippen LogP) is 4.07. The van der Waals surface area contributed by atoms with Gasteiger partial charge in [-0.2, -0.15) is 0 Å². The van der Waals surface area contributed by atoms with Crippen molar-refractivity contribution in [1.82, 2.24) is 4.57 Å². The van der Waals surface area contributed by atoms with Crippen molar-refractivity contribution in [3.05, 3.63) is 41.6 Å². The number of ether oxygens (including phenoxy) is 1. The molecule has 0 N–H and O–H groups in total. The van der Waals surface area contributed by atoms with Gasteiger partial charge in [0.1, 0.15) is 11.4 Å². The van der Waals surface area contributed by atoms with Crippen molar-refractivity contribution in [1.29, 1.82) is 0 Å². The van der Waals surface area contributed by atoms with E-state index in [-0.39, 0.29) is 0 Å². The molecule has 0 saturated heterocycles. The first-order valence-corrected chi connectivity index (χ1v) is 5.80. The highest BCUT2D eigenvalue weighted by molar-refractivity contribution is 5.57. The molecule has 0 aliphatic rings. The van der Waals surface area contributed by atoms with E-state index in [0.717, 1.165) is 28.4 Å². The number of rotatable bonds is 3. The van der Waals surface area contributed by atoms with Crippen molar-refractivity contribution in [3.8, 4) is 5.75 Å². The summed E-state index contributed by atoms with van der Waals surface area (Å²) in [5.41, 5.74) is 2.98. The Morgan fingerprint density at radius 2 is 1.94 bits per heavy atom. The molecular weight excluding hydrogens is 226 g/mol. The summed E-state index contributed by atoms with van der Waals surface area (Å²) in [4.78, 5) is 0. The average Bonchev–Trinajstić information content (AvgIpc) is 2.71. The average molecular weight is 243 g/mol. The normalized spacial score (nSPS) is 11.1. The van der Waals surface area contributed by atoms with Crippen molar-refractivity contribution in [3.63, 3.8) is 0 Å². The van der Waals surface area contributed by atoms with Crippen LogP contribution in [0.25, 0.3) is 0 Å². The summed E-state index contributed by atoms with van der Waals surface area (Å²) in [5, 5.41) is 8.52. The van der Waals surface area contributed by atoms with Gasteiger partial charge in [0, 0.05) is 13.2 Å². The summed E-state index contributed by atoms with van der Waals surface area (Å²) in [6.07, 6.45) is 1.94. The lowest BCUT2D eigenvalue weighted by atomic mass is 10.1. The number of aromatic nitrogens is 1. The minimum atomic E-state index is 0.760. The molecule has 0 spiro atoms. The van der Waals surface area contributed by atoms with E-state index < -0.39 is 0 Å². The molecule has 2 aromatic rings. The van der Waals surface area contributed by atoms with Gasteiger partial charge >= 0.3 is 0 Å². The van der Waals surface area contributed by atoms with Crippen LogP contribution in [0.3, 0.4) is 0 Å². The van der Waals surface area contributed by atoms with Gasteiger partial charge in [0.15, 0.2) is 5.82 Å². The molecule has 2 rings (SSSR count). The van der Waals surface area contributed by atoms with Gasteiger partial charge in [-0.15, -0.1) is 10.2 Å². The van der Waals surface area contributed by atoms with Crippen molar-refractivity contribution in [2.45, 2.75) is 13.8 Å². The Bertz CT molecular complexity index is 585. The second-order valence-corrected chi connectivity index (χ2v) is 4.31. The zero-order valence-corrected chi connectivity index (χ0v) is 11.1. The minimum absolute atomic E-state index is 0.760. The minimum Gasteiger partial charge on any atom is -0.494 e. The molecule has 0 aliphatic heterocycles. The number of aryl methyl sites for hydroxylation is 3. The van der Waals surface area contributed by atoms with E-state index in [1.54, 1.807) is 7.11 Å². The Morgan fingerprint density at radius 3 is 2.56 bits per heavy atom. The van der Waals surface area contributed by atoms with E-state index in [9.17, 15) is 0 Å². The molecule has 1 aromatic carbocycles. The Hall–Kier alpha value is -2.10. The summed E-state index contributed by atoms with van der Waals surface area (Å²) >= 11 is 0. The van der Waals surface area contributed by atoms with Crippen LogP contribution >= 0.6 is 0 Å². The maximum atomic E-state index is 5.37. The fraction of sp³-hybridized carbons (Fsp3) is 0.286. The summed E-state index contributed by atoms with van der Waals surface area (Å²) in [6, 6.07) is 7.89. The molecule has 0 aliphatic carbocycles. The van der Waals surface area contributed by atoms with E-state index in [2.05, 4.69) is 16.3 Å². The van der Waals surface area contributed by atoms with Crippen LogP contribution in [0.15, 0.2) is 40.7 Å². The number of hydrogen-bond donors (Lipinski definition) is 0. The van der Waals surface area contributed by atoms with Crippen LogP contribution in [0.4, 0.5) is 11.5 Å². The van der Waals surface area contributed by atoms with Gasteiger partial charge in [0.2, 0.25) is 0 Å². The van der Waals surface area contributed by atoms with Crippen LogP contribution < -0.4 is 4.74 Å². The molecule has 94 valence electrons. The largest absolute Gasteiger partial charge is 0.494 e. The van der Waals surface area contributed by atoms with Gasteiger partial charge in [-0.1, -0.05) is 6.07 Å². The van der Waals surface area contributed by atoms with E-state index in [4.69, 9.17) is 4.74 Å². The fourth-order valence-electron chi connectivity index (χ4n) is 1.93. The Labute approximate surface area is 107 Å². The van der Waals surface area contributed by atoms with Gasteiger partial charge in [-0.25, -0.2) is 0 Å². The van der Waals surface area contributed by atoms with Gasteiger partial charge in [-0.3, -0.25) is 0 Å². The fourth-order valence-corrected chi connectivity index (χ4v) is 1.93. The van der Waals surface area contributed by atoms with Crippen molar-refractivity contribution < 1.29 is 4.74 Å². The van der Waals surface area contributed by atoms with Gasteiger partial charge in [0.05, 0.1) is 7.11 Å². The summed E-state index contributed by atoms with van der Waals surface area (Å²) in [6.45, 7) is 4.04. The first-order valence-electron chi connectivity index (χ1n) is 5.80. The molecule has 0 bridgehead atoms. The number of azo groups is 1. The molecule has 0 saturated carbocycles. The van der Waals surface area contributed by atoms with Crippen LogP contribution in [0.1, 0.15) is 11.1 Å². The molecule has 0 fully saturated rings. The Balaban J connectivity index is 2.40. The van der Waals surface area contributed by atoms with Crippen molar-refractivity contribution in [2.24, 2.45) is 17.3 Å². The SMILES string of the molecule is COc1c(C)cc(C)cc1N=Nc1cccn1C. The zero-order chi connectivity index (χ0) is 13.1. The second kappa shape index (κ2) is 5.04. The highest BCUT2D eigenvalue weighted by Gasteiger charge is 2.07. The maximum absolute atomic E-state index is 5.37. The summed E-state index contributed by atoms with van der Waals surface area (Å²) in [5.74, 6) is 1.59. The van der Waals surface area contributed by atoms with Crippen molar-refractivity contribution in [2.75, 3.05) is 7.11 Å². The third-order valence-corrected chi connectivity index (χ3v) is 2.78. The third kappa shape index (κ3) is 2.42. The number of benzene rings is 1. The predicted molar refractivity (Wildman–Crippen MR) is 72.1 cm³/mol. The molecule has 4 nitrogen and oxygen atoms in total. The molecular formula is C14H17N3O. The summed E-state index contributed by atoms with van der Waals surface area (Å²) < 4.78 is 7.29. The zero-order valence-electron chi connectivity index (χ0n) is 11.1. The van der Waals surface area contributed by atoms with Gasteiger partial charge < -0.3 is 9.30 Å². The summed E-state index contributed by atoms with van der Waals surface area (Å²) in [7, 11) is 3.59. The molecule has 0 atom stereocenters. The van der Waals surface area contributed by atoms with E-state index in [1.807, 2.05) is 49.9 Å². The smallest absolute Gasteiger partial charge is 0.154 e. The van der Waals surface area contributed by atoms with Crippen LogP contribution in [0, 0.1) is 13.8 Å². The van der Waals surface area contributed by atoms with Gasteiger partial charge in [-0.05, 0) is 43.2 Å². The Morgan fingerprint density at radius 1 is 1.17 bits per heavy atom. The van der Waals surface area contributed by atoms with E-state index in [1.165, 1.54) is 0 Å². The molecule has 18 heavy (non-hydrogen) atoms. The highest BCUT2D eigenvalue weighted by Crippen LogP contribution is 2.33. The lowest BCUT2D eigenvalue weighted by Gasteiger charge is -2.08. The Kier molecular flexibility index (Phi) is 3.46. The van der Waals surface area contributed by atoms with E-state index >= 15 is 0 Å². The third-order valence-electron chi connectivity index (χ3n) is 2.78. The molecule has 0 amide bonds. The lowest BCUT2D eigenvalue weighted by molar-refractivity contribution is 0.412. The standard InChI is InChI=1S/C14H17N3O/c1-10-8-11(2)14(18-4)12(9-10)15-16-13-6-5-7-17(13)3/h5-9H,1-4H3. The van der Waals surface area contributed by atoms with Gasteiger partial charge in [0.25, 0.3) is 0 Å². The number of methoxy groups -OCH3 is 1. The highest BCUT2D eigenvalue weighted by atomic mass is 16.5. The van der Waals surface area contributed by atoms with Crippen molar-refractivity contribution >= 4 is 11.5 Å². The van der Waals surface area contributed by atoms with Crippen LogP contribution in [0.5, 0.6) is 5.75 Å². The molecule has 4 heteroatoms. The first kappa shape index (κ1) is 12.4. The topological polar surface area (TPSA) is 38.9 Å². The quantitative estimate of drug-likeness (QED) is 0.749. The monoisotopic (exact) mass is 243 g/mol. The number of nitrogens with zero attached hydrogens (tertiary/aromatic N) is 3. The molecule has 0 unspecified atom stereocenters. The first-order chi connectivity index (χ1) is 8.61. The second-order valence-electron chi connectivity index (χ2n) is 4.31. The molecule has 1 aromatic heterocycles.